The predicted molar refractivity (Wildman–Crippen MR) is 94.1 cm³/mol. The first-order valence-electron chi connectivity index (χ1n) is 7.79. The van der Waals surface area contributed by atoms with Gasteiger partial charge >= 0.3 is 0 Å². The second-order valence-electron chi connectivity index (χ2n) is 5.53. The number of amides is 2. The molecule has 0 unspecified atom stereocenters. The molecule has 0 saturated carbocycles. The van der Waals surface area contributed by atoms with Crippen molar-refractivity contribution in [3.63, 3.8) is 0 Å². The summed E-state index contributed by atoms with van der Waals surface area (Å²) in [7, 11) is 0. The highest BCUT2D eigenvalue weighted by Gasteiger charge is 2.09. The Labute approximate surface area is 146 Å². The van der Waals surface area contributed by atoms with E-state index >= 15 is 0 Å². The van der Waals surface area contributed by atoms with Crippen LogP contribution < -0.4 is 10.6 Å². The van der Waals surface area contributed by atoms with E-state index in [9.17, 15) is 9.59 Å². The van der Waals surface area contributed by atoms with Crippen molar-refractivity contribution in [3.8, 4) is 0 Å². The number of carbonyl (C=O) groups excluding carboxylic acids is 2. The second kappa shape index (κ2) is 8.45. The summed E-state index contributed by atoms with van der Waals surface area (Å²) >= 11 is 5.77. The maximum atomic E-state index is 12.0. The van der Waals surface area contributed by atoms with Gasteiger partial charge in [-0.3, -0.25) is 9.59 Å². The number of nitrogens with zero attached hydrogens (tertiary/aromatic N) is 1. The predicted octanol–water partition coefficient (Wildman–Crippen LogP) is 3.19. The molecule has 2 aromatic rings. The highest BCUT2D eigenvalue weighted by Crippen LogP contribution is 2.08. The lowest BCUT2D eigenvalue weighted by Crippen LogP contribution is -2.31. The topological polar surface area (TPSA) is 71.1 Å². The molecule has 0 fully saturated rings. The van der Waals surface area contributed by atoms with Crippen molar-refractivity contribution in [2.75, 3.05) is 0 Å². The first-order valence-corrected chi connectivity index (χ1v) is 8.17. The quantitative estimate of drug-likeness (QED) is 0.790. The third kappa shape index (κ3) is 5.06. The first kappa shape index (κ1) is 17.9. The fourth-order valence-electron chi connectivity index (χ4n) is 2.01. The van der Waals surface area contributed by atoms with Crippen LogP contribution in [0.1, 0.15) is 46.5 Å². The Balaban J connectivity index is 1.92. The van der Waals surface area contributed by atoms with Crippen LogP contribution in [0, 0.1) is 0 Å². The smallest absolute Gasteiger partial charge is 0.251 e. The summed E-state index contributed by atoms with van der Waals surface area (Å²) in [6.45, 7) is 4.35. The van der Waals surface area contributed by atoms with E-state index in [1.54, 1.807) is 18.2 Å². The zero-order chi connectivity index (χ0) is 17.5. The Morgan fingerprint density at radius 2 is 1.83 bits per heavy atom. The van der Waals surface area contributed by atoms with Crippen molar-refractivity contribution in [2.24, 2.45) is 0 Å². The number of hydrogen-bond acceptors (Lipinski definition) is 3. The van der Waals surface area contributed by atoms with E-state index in [1.165, 1.54) is 12.3 Å². The monoisotopic (exact) mass is 345 g/mol. The summed E-state index contributed by atoms with van der Waals surface area (Å²) in [5.74, 6) is -0.316. The molecular formula is C18H20ClN3O2. The fraction of sp³-hybridized carbons (Fsp3) is 0.278. The summed E-state index contributed by atoms with van der Waals surface area (Å²) in [4.78, 5) is 27.9. The maximum absolute atomic E-state index is 12.0. The fourth-order valence-corrected chi connectivity index (χ4v) is 2.19. The van der Waals surface area contributed by atoms with Gasteiger partial charge < -0.3 is 10.6 Å². The number of aromatic nitrogens is 1. The molecule has 1 heterocycles. The molecule has 1 atom stereocenters. The van der Waals surface area contributed by atoms with Gasteiger partial charge in [-0.05, 0) is 43.2 Å². The normalized spacial score (nSPS) is 11.6. The Morgan fingerprint density at radius 1 is 1.12 bits per heavy atom. The van der Waals surface area contributed by atoms with Crippen LogP contribution in [0.4, 0.5) is 0 Å². The van der Waals surface area contributed by atoms with E-state index in [-0.39, 0.29) is 23.0 Å². The van der Waals surface area contributed by atoms with Gasteiger partial charge in [0.25, 0.3) is 11.8 Å². The molecule has 24 heavy (non-hydrogen) atoms. The van der Waals surface area contributed by atoms with Crippen molar-refractivity contribution in [1.82, 2.24) is 15.6 Å². The maximum Gasteiger partial charge on any atom is 0.251 e. The molecule has 1 aromatic heterocycles. The third-order valence-electron chi connectivity index (χ3n) is 3.65. The summed E-state index contributed by atoms with van der Waals surface area (Å²) in [6.07, 6.45) is 2.37. The van der Waals surface area contributed by atoms with Gasteiger partial charge in [0.15, 0.2) is 0 Å². The van der Waals surface area contributed by atoms with Crippen LogP contribution in [0.25, 0.3) is 0 Å². The molecule has 0 bridgehead atoms. The van der Waals surface area contributed by atoms with Crippen molar-refractivity contribution in [2.45, 2.75) is 32.9 Å². The van der Waals surface area contributed by atoms with Gasteiger partial charge in [-0.25, -0.2) is 4.98 Å². The van der Waals surface area contributed by atoms with Crippen LogP contribution in [0.5, 0.6) is 0 Å². The minimum absolute atomic E-state index is 0.0913. The minimum atomic E-state index is -0.224. The lowest BCUT2D eigenvalue weighted by atomic mass is 10.1. The molecule has 0 radical (unpaired) electrons. The molecule has 0 spiro atoms. The van der Waals surface area contributed by atoms with Crippen LogP contribution in [0.15, 0.2) is 42.6 Å². The Kier molecular flexibility index (Phi) is 6.32. The van der Waals surface area contributed by atoms with Gasteiger partial charge in [0.2, 0.25) is 0 Å². The molecule has 2 N–H and O–H groups in total. The molecule has 2 rings (SSSR count). The Bertz CT molecular complexity index is 716. The lowest BCUT2D eigenvalue weighted by molar-refractivity contribution is 0.0934. The van der Waals surface area contributed by atoms with Crippen LogP contribution >= 0.6 is 11.6 Å². The molecule has 6 heteroatoms. The number of hydrogen-bond donors (Lipinski definition) is 2. The summed E-state index contributed by atoms with van der Waals surface area (Å²) in [5.41, 5.74) is 1.97. The third-order valence-corrected chi connectivity index (χ3v) is 3.85. The summed E-state index contributed by atoms with van der Waals surface area (Å²) < 4.78 is 0. The highest BCUT2D eigenvalue weighted by atomic mass is 35.5. The van der Waals surface area contributed by atoms with Crippen molar-refractivity contribution >= 4 is 23.4 Å². The Morgan fingerprint density at radius 3 is 2.46 bits per heavy atom. The van der Waals surface area contributed by atoms with E-state index < -0.39 is 0 Å². The number of rotatable bonds is 6. The van der Waals surface area contributed by atoms with E-state index in [4.69, 9.17) is 11.6 Å². The standard InChI is InChI=1S/C18H20ClN3O2/c1-3-12(2)22-18(24)14-6-4-13(5-7-14)11-21-17(23)15-8-9-20-16(19)10-15/h4-10,12H,3,11H2,1-2H3,(H,21,23)(H,22,24)/t12-/m1/s1. The van der Waals surface area contributed by atoms with Gasteiger partial charge in [-0.2, -0.15) is 0 Å². The van der Waals surface area contributed by atoms with Crippen molar-refractivity contribution < 1.29 is 9.59 Å². The Hall–Kier alpha value is -2.40. The van der Waals surface area contributed by atoms with Gasteiger partial charge in [0.05, 0.1) is 0 Å². The second-order valence-corrected chi connectivity index (χ2v) is 5.92. The molecule has 0 aliphatic carbocycles. The summed E-state index contributed by atoms with van der Waals surface area (Å²) in [6, 6.07) is 10.4. The zero-order valence-electron chi connectivity index (χ0n) is 13.7. The molecule has 0 aliphatic rings. The SMILES string of the molecule is CC[C@@H](C)NC(=O)c1ccc(CNC(=O)c2ccnc(Cl)c2)cc1. The van der Waals surface area contributed by atoms with Gasteiger partial charge in [-0.1, -0.05) is 30.7 Å². The average Bonchev–Trinajstić information content (AvgIpc) is 2.59. The average molecular weight is 346 g/mol. The van der Waals surface area contributed by atoms with Crippen molar-refractivity contribution in [1.29, 1.82) is 0 Å². The number of halogens is 1. The molecule has 2 amide bonds. The molecule has 0 aliphatic heterocycles. The van der Waals surface area contributed by atoms with Gasteiger partial charge in [0.1, 0.15) is 5.15 Å². The van der Waals surface area contributed by atoms with Crippen LogP contribution in [-0.2, 0) is 6.54 Å². The number of nitrogens with one attached hydrogen (secondary N) is 2. The molecule has 5 nitrogen and oxygen atoms in total. The largest absolute Gasteiger partial charge is 0.350 e. The van der Waals surface area contributed by atoms with Crippen molar-refractivity contribution in [3.05, 3.63) is 64.4 Å². The lowest BCUT2D eigenvalue weighted by Gasteiger charge is -2.11. The van der Waals surface area contributed by atoms with Crippen LogP contribution in [0.3, 0.4) is 0 Å². The summed E-state index contributed by atoms with van der Waals surface area (Å²) in [5, 5.41) is 6.00. The minimum Gasteiger partial charge on any atom is -0.350 e. The van der Waals surface area contributed by atoms with E-state index in [0.29, 0.717) is 17.7 Å². The van der Waals surface area contributed by atoms with Gasteiger partial charge in [-0.15, -0.1) is 0 Å². The molecule has 1 aromatic carbocycles. The van der Waals surface area contributed by atoms with E-state index in [2.05, 4.69) is 15.6 Å². The van der Waals surface area contributed by atoms with Crippen LogP contribution in [0.2, 0.25) is 5.15 Å². The molecule has 126 valence electrons. The molecular weight excluding hydrogens is 326 g/mol. The van der Waals surface area contributed by atoms with Gasteiger partial charge in [0, 0.05) is 29.9 Å². The van der Waals surface area contributed by atoms with Crippen LogP contribution in [-0.4, -0.2) is 22.8 Å². The first-order chi connectivity index (χ1) is 11.5. The zero-order valence-corrected chi connectivity index (χ0v) is 14.4. The van der Waals surface area contributed by atoms with E-state index in [0.717, 1.165) is 12.0 Å². The van der Waals surface area contributed by atoms with E-state index in [1.807, 2.05) is 26.0 Å². The number of benzene rings is 1. The highest BCUT2D eigenvalue weighted by molar-refractivity contribution is 6.29. The number of pyridine rings is 1. The number of carbonyl (C=O) groups is 2. The molecule has 0 saturated heterocycles.